The van der Waals surface area contributed by atoms with Crippen LogP contribution in [0.25, 0.3) is 11.3 Å². The second-order valence-corrected chi connectivity index (χ2v) is 5.09. The topological polar surface area (TPSA) is 75.3 Å². The third kappa shape index (κ3) is 1.82. The van der Waals surface area contributed by atoms with Gasteiger partial charge in [-0.25, -0.2) is 4.79 Å². The van der Waals surface area contributed by atoms with Gasteiger partial charge in [0.1, 0.15) is 0 Å². The maximum Gasteiger partial charge on any atom is 0.337 e. The molecule has 0 aromatic carbocycles. The molecule has 0 saturated carbocycles. The number of aromatic nitrogens is 2. The van der Waals surface area contributed by atoms with E-state index in [-0.39, 0.29) is 5.56 Å². The Morgan fingerprint density at radius 2 is 2.30 bits per heavy atom. The molecular weight excluding hydrogens is 256 g/mol. The van der Waals surface area contributed by atoms with E-state index in [1.807, 2.05) is 16.7 Å². The maximum atomic E-state index is 11.5. The fourth-order valence-electron chi connectivity index (χ4n) is 3.07. The van der Waals surface area contributed by atoms with E-state index < -0.39 is 12.1 Å². The van der Waals surface area contributed by atoms with Crippen LogP contribution < -0.4 is 0 Å². The van der Waals surface area contributed by atoms with E-state index in [9.17, 15) is 15.0 Å². The Bertz CT molecular complexity index is 662. The van der Waals surface area contributed by atoms with Crippen molar-refractivity contribution < 1.29 is 15.0 Å². The predicted molar refractivity (Wildman–Crippen MR) is 73.6 cm³/mol. The molecule has 2 aromatic heterocycles. The molecule has 5 nitrogen and oxygen atoms in total. The Morgan fingerprint density at radius 1 is 1.50 bits per heavy atom. The first-order chi connectivity index (χ1) is 9.61. The monoisotopic (exact) mass is 272 g/mol. The summed E-state index contributed by atoms with van der Waals surface area (Å²) in [4.78, 5) is 15.6. The number of nitrogens with zero attached hydrogens (tertiary/aromatic N) is 2. The Morgan fingerprint density at radius 3 is 2.95 bits per heavy atom. The summed E-state index contributed by atoms with van der Waals surface area (Å²) in [7, 11) is 0. The summed E-state index contributed by atoms with van der Waals surface area (Å²) in [5.74, 6) is -0.984. The van der Waals surface area contributed by atoms with Crippen molar-refractivity contribution >= 4 is 5.97 Å². The number of hydrogen-bond acceptors (Lipinski definition) is 3. The minimum absolute atomic E-state index is 0.232. The summed E-state index contributed by atoms with van der Waals surface area (Å²) in [6.45, 7) is 2.52. The van der Waals surface area contributed by atoms with Crippen molar-refractivity contribution in [2.24, 2.45) is 0 Å². The lowest BCUT2D eigenvalue weighted by molar-refractivity contribution is 0.0682. The van der Waals surface area contributed by atoms with E-state index in [0.717, 1.165) is 24.2 Å². The second kappa shape index (κ2) is 4.76. The number of carboxylic acids is 1. The van der Waals surface area contributed by atoms with Gasteiger partial charge in [0, 0.05) is 24.5 Å². The molecule has 1 unspecified atom stereocenters. The fourth-order valence-corrected chi connectivity index (χ4v) is 3.07. The van der Waals surface area contributed by atoms with E-state index in [0.29, 0.717) is 17.7 Å². The van der Waals surface area contributed by atoms with Crippen LogP contribution >= 0.6 is 0 Å². The van der Waals surface area contributed by atoms with E-state index in [2.05, 4.69) is 4.98 Å². The molecule has 1 aliphatic heterocycles. The molecule has 0 amide bonds. The first-order valence-corrected chi connectivity index (χ1v) is 6.66. The van der Waals surface area contributed by atoms with E-state index in [4.69, 9.17) is 0 Å². The van der Waals surface area contributed by atoms with Gasteiger partial charge in [0.05, 0.1) is 23.1 Å². The molecule has 0 spiro atoms. The molecule has 0 aliphatic carbocycles. The Kier molecular flexibility index (Phi) is 3.06. The van der Waals surface area contributed by atoms with Crippen molar-refractivity contribution in [1.82, 2.24) is 9.55 Å². The van der Waals surface area contributed by atoms with Crippen molar-refractivity contribution in [1.29, 1.82) is 0 Å². The smallest absolute Gasteiger partial charge is 0.337 e. The van der Waals surface area contributed by atoms with Crippen LogP contribution in [0.1, 0.15) is 40.6 Å². The van der Waals surface area contributed by atoms with Gasteiger partial charge in [-0.15, -0.1) is 0 Å². The molecule has 3 rings (SSSR count). The molecule has 0 saturated heterocycles. The lowest BCUT2D eigenvalue weighted by atomic mass is 10.0. The normalized spacial score (nSPS) is 17.8. The lowest BCUT2D eigenvalue weighted by Crippen LogP contribution is -2.18. The van der Waals surface area contributed by atoms with Gasteiger partial charge in [0.25, 0.3) is 0 Å². The molecule has 5 heteroatoms. The van der Waals surface area contributed by atoms with Crippen LogP contribution in [0.2, 0.25) is 0 Å². The number of fused-ring (bicyclic) bond motifs is 1. The quantitative estimate of drug-likeness (QED) is 0.880. The molecule has 1 aliphatic rings. The van der Waals surface area contributed by atoms with Crippen LogP contribution in [0.15, 0.2) is 24.5 Å². The van der Waals surface area contributed by atoms with Crippen molar-refractivity contribution in [3.63, 3.8) is 0 Å². The third-order valence-corrected chi connectivity index (χ3v) is 3.87. The zero-order chi connectivity index (χ0) is 14.3. The van der Waals surface area contributed by atoms with Crippen LogP contribution in [0.3, 0.4) is 0 Å². The molecule has 3 heterocycles. The SMILES string of the molecule is Cc1c(C(=O)O)c2n(c1-c1cccnc1)CCCC2O. The average Bonchev–Trinajstić information content (AvgIpc) is 2.73. The van der Waals surface area contributed by atoms with Crippen LogP contribution in [0.5, 0.6) is 0 Å². The highest BCUT2D eigenvalue weighted by molar-refractivity contribution is 5.94. The van der Waals surface area contributed by atoms with Crippen molar-refractivity contribution in [2.45, 2.75) is 32.4 Å². The van der Waals surface area contributed by atoms with Crippen LogP contribution in [-0.4, -0.2) is 25.7 Å². The zero-order valence-corrected chi connectivity index (χ0v) is 11.2. The Labute approximate surface area is 116 Å². The lowest BCUT2D eigenvalue weighted by Gasteiger charge is -2.23. The zero-order valence-electron chi connectivity index (χ0n) is 11.2. The fraction of sp³-hybridized carbons (Fsp3) is 0.333. The molecule has 2 N–H and O–H groups in total. The summed E-state index contributed by atoms with van der Waals surface area (Å²) in [6, 6.07) is 3.74. The molecule has 0 bridgehead atoms. The van der Waals surface area contributed by atoms with Gasteiger partial charge < -0.3 is 14.8 Å². The van der Waals surface area contributed by atoms with Gasteiger partial charge in [0.2, 0.25) is 0 Å². The number of hydrogen-bond donors (Lipinski definition) is 2. The highest BCUT2D eigenvalue weighted by Gasteiger charge is 2.31. The minimum atomic E-state index is -0.984. The van der Waals surface area contributed by atoms with Crippen LogP contribution in [-0.2, 0) is 6.54 Å². The first kappa shape index (κ1) is 12.9. The average molecular weight is 272 g/mol. The minimum Gasteiger partial charge on any atom is -0.478 e. The van der Waals surface area contributed by atoms with Crippen LogP contribution in [0, 0.1) is 6.92 Å². The highest BCUT2D eigenvalue weighted by atomic mass is 16.4. The van der Waals surface area contributed by atoms with Crippen molar-refractivity contribution in [3.05, 3.63) is 41.3 Å². The van der Waals surface area contributed by atoms with Crippen LogP contribution in [0.4, 0.5) is 0 Å². The molecule has 20 heavy (non-hydrogen) atoms. The van der Waals surface area contributed by atoms with Crippen molar-refractivity contribution in [3.8, 4) is 11.3 Å². The van der Waals surface area contributed by atoms with Crippen molar-refractivity contribution in [2.75, 3.05) is 0 Å². The second-order valence-electron chi connectivity index (χ2n) is 5.09. The van der Waals surface area contributed by atoms with Gasteiger partial charge in [0.15, 0.2) is 0 Å². The number of carbonyl (C=O) groups is 1. The summed E-state index contributed by atoms with van der Waals surface area (Å²) in [5.41, 5.74) is 3.19. The third-order valence-electron chi connectivity index (χ3n) is 3.87. The summed E-state index contributed by atoms with van der Waals surface area (Å²) < 4.78 is 1.93. The number of aliphatic hydroxyl groups excluding tert-OH is 1. The molecule has 104 valence electrons. The van der Waals surface area contributed by atoms with Gasteiger partial charge in [-0.3, -0.25) is 4.98 Å². The summed E-state index contributed by atoms with van der Waals surface area (Å²) in [6.07, 6.45) is 4.15. The molecule has 0 fully saturated rings. The van der Waals surface area contributed by atoms with Gasteiger partial charge >= 0.3 is 5.97 Å². The first-order valence-electron chi connectivity index (χ1n) is 6.66. The Balaban J connectivity index is 2.31. The van der Waals surface area contributed by atoms with E-state index in [1.165, 1.54) is 0 Å². The number of rotatable bonds is 2. The number of carboxylic acid groups (broad SMARTS) is 1. The van der Waals surface area contributed by atoms with E-state index >= 15 is 0 Å². The van der Waals surface area contributed by atoms with E-state index in [1.54, 1.807) is 19.3 Å². The standard InChI is InChI=1S/C15H16N2O3/c1-9-12(15(19)20)14-11(18)5-3-7-17(14)13(9)10-4-2-6-16-8-10/h2,4,6,8,11,18H,3,5,7H2,1H3,(H,19,20). The summed E-state index contributed by atoms with van der Waals surface area (Å²) in [5, 5.41) is 19.6. The summed E-state index contributed by atoms with van der Waals surface area (Å²) >= 11 is 0. The van der Waals surface area contributed by atoms with Gasteiger partial charge in [-0.1, -0.05) is 0 Å². The largest absolute Gasteiger partial charge is 0.478 e. The molecule has 1 atom stereocenters. The van der Waals surface area contributed by atoms with Gasteiger partial charge in [-0.05, 0) is 37.5 Å². The molecule has 0 radical (unpaired) electrons. The number of aromatic carboxylic acids is 1. The maximum absolute atomic E-state index is 11.5. The highest BCUT2D eigenvalue weighted by Crippen LogP contribution is 2.38. The number of pyridine rings is 1. The molecule has 2 aromatic rings. The van der Waals surface area contributed by atoms with Gasteiger partial charge in [-0.2, -0.15) is 0 Å². The number of aliphatic hydroxyl groups is 1. The predicted octanol–water partition coefficient (Wildman–Crippen LogP) is 2.38. The molecular formula is C15H16N2O3. The Hall–Kier alpha value is -2.14.